The lowest BCUT2D eigenvalue weighted by Gasteiger charge is -2.25. The molecule has 3 heterocycles. The Morgan fingerprint density at radius 3 is 2.81 bits per heavy atom. The largest absolute Gasteiger partial charge is 0.440 e. The minimum absolute atomic E-state index is 0.188. The van der Waals surface area contributed by atoms with E-state index in [9.17, 15) is 13.2 Å². The summed E-state index contributed by atoms with van der Waals surface area (Å²) in [5.41, 5.74) is 2.63. The molecule has 2 aromatic carbocycles. The van der Waals surface area contributed by atoms with Crippen LogP contribution in [0.15, 0.2) is 56.2 Å². The molecule has 1 atom stereocenters. The van der Waals surface area contributed by atoms with Crippen molar-refractivity contribution < 1.29 is 17.6 Å². The van der Waals surface area contributed by atoms with Crippen LogP contribution in [0.3, 0.4) is 0 Å². The highest BCUT2D eigenvalue weighted by Crippen LogP contribution is 2.40. The maximum absolute atomic E-state index is 13.1. The van der Waals surface area contributed by atoms with E-state index in [1.165, 1.54) is 0 Å². The topological polar surface area (TPSA) is 105 Å². The zero-order valence-corrected chi connectivity index (χ0v) is 17.4. The van der Waals surface area contributed by atoms with Crippen LogP contribution in [0.25, 0.3) is 11.1 Å². The van der Waals surface area contributed by atoms with Gasteiger partial charge in [0.2, 0.25) is 5.91 Å². The smallest absolute Gasteiger partial charge is 0.285 e. The summed E-state index contributed by atoms with van der Waals surface area (Å²) in [7, 11) is -3.73. The number of rotatable bonds is 3. The fourth-order valence-corrected chi connectivity index (χ4v) is 5.56. The van der Waals surface area contributed by atoms with Gasteiger partial charge in [0, 0.05) is 23.7 Å². The first-order chi connectivity index (χ1) is 15.0. The number of benzene rings is 2. The van der Waals surface area contributed by atoms with E-state index < -0.39 is 16.1 Å². The number of sulfonamides is 1. The maximum atomic E-state index is 13.1. The summed E-state index contributed by atoms with van der Waals surface area (Å²) in [6.45, 7) is 0.577. The third-order valence-electron chi connectivity index (χ3n) is 6.04. The number of likely N-dealkylation sites (tertiary alicyclic amines) is 1. The number of hydrogen-bond acceptors (Lipinski definition) is 6. The molecule has 31 heavy (non-hydrogen) atoms. The number of aromatic nitrogens is 1. The molecule has 0 spiro atoms. The molecular weight excluding hydrogens is 416 g/mol. The number of carbonyl (C=O) groups is 1. The fourth-order valence-electron chi connectivity index (χ4n) is 4.34. The van der Waals surface area contributed by atoms with Crippen LogP contribution in [0, 0.1) is 0 Å². The van der Waals surface area contributed by atoms with Gasteiger partial charge in [0.1, 0.15) is 16.5 Å². The second kappa shape index (κ2) is 6.65. The molecule has 1 aliphatic carbocycles. The lowest BCUT2D eigenvalue weighted by Crippen LogP contribution is -2.43. The normalized spacial score (nSPS) is 21.9. The van der Waals surface area contributed by atoms with E-state index in [1.807, 2.05) is 12.1 Å². The Kier molecular flexibility index (Phi) is 3.98. The van der Waals surface area contributed by atoms with Gasteiger partial charge in [-0.2, -0.15) is 8.42 Å². The lowest BCUT2D eigenvalue weighted by molar-refractivity contribution is -0.119. The summed E-state index contributed by atoms with van der Waals surface area (Å²) in [5.74, 6) is 1.35. The summed E-state index contributed by atoms with van der Waals surface area (Å²) in [6, 6.07) is 11.7. The van der Waals surface area contributed by atoms with Gasteiger partial charge in [-0.05, 0) is 56.0 Å². The highest BCUT2D eigenvalue weighted by molar-refractivity contribution is 7.90. The highest BCUT2D eigenvalue weighted by atomic mass is 32.2. The van der Waals surface area contributed by atoms with Crippen molar-refractivity contribution in [3.63, 3.8) is 0 Å². The predicted molar refractivity (Wildman–Crippen MR) is 115 cm³/mol. The molecular formula is C22H20N4O4S. The Morgan fingerprint density at radius 1 is 1.13 bits per heavy atom. The molecule has 0 bridgehead atoms. The number of carbonyl (C=O) groups excluding carboxylic acids is 1. The Hall–Kier alpha value is -3.20. The maximum Gasteiger partial charge on any atom is 0.285 e. The zero-order valence-electron chi connectivity index (χ0n) is 16.6. The third-order valence-corrected chi connectivity index (χ3v) is 7.36. The molecule has 6 rings (SSSR count). The first-order valence-electron chi connectivity index (χ1n) is 10.4. The van der Waals surface area contributed by atoms with Crippen molar-refractivity contribution in [2.75, 3.05) is 11.9 Å². The molecule has 1 N–H and O–H groups in total. The van der Waals surface area contributed by atoms with Crippen LogP contribution in [0.4, 0.5) is 5.69 Å². The third kappa shape index (κ3) is 3.11. The van der Waals surface area contributed by atoms with Gasteiger partial charge in [0.15, 0.2) is 17.3 Å². The number of anilines is 1. The average molecular weight is 436 g/mol. The van der Waals surface area contributed by atoms with Gasteiger partial charge in [0.05, 0.1) is 0 Å². The quantitative estimate of drug-likeness (QED) is 0.676. The number of amides is 1. The van der Waals surface area contributed by atoms with Gasteiger partial charge in [-0.1, -0.05) is 12.1 Å². The van der Waals surface area contributed by atoms with Crippen molar-refractivity contribution in [1.29, 1.82) is 0 Å². The van der Waals surface area contributed by atoms with E-state index in [0.717, 1.165) is 30.7 Å². The summed E-state index contributed by atoms with van der Waals surface area (Å²) in [5, 5.41) is 2.96. The summed E-state index contributed by atoms with van der Waals surface area (Å²) >= 11 is 0. The second-order valence-corrected chi connectivity index (χ2v) is 9.81. The number of fused-ring (bicyclic) bond motifs is 2. The predicted octanol–water partition coefficient (Wildman–Crippen LogP) is 3.26. The van der Waals surface area contributed by atoms with Crippen molar-refractivity contribution in [2.45, 2.75) is 42.5 Å². The van der Waals surface area contributed by atoms with Crippen molar-refractivity contribution in [3.8, 4) is 0 Å². The molecule has 1 saturated carbocycles. The summed E-state index contributed by atoms with van der Waals surface area (Å²) < 4.78 is 34.6. The number of nitrogens with zero attached hydrogens (tertiary/aromatic N) is 3. The molecule has 158 valence electrons. The van der Waals surface area contributed by atoms with E-state index in [1.54, 1.807) is 35.2 Å². The van der Waals surface area contributed by atoms with Crippen LogP contribution in [0.1, 0.15) is 43.1 Å². The molecule has 3 aromatic rings. The number of nitrogens with one attached hydrogen (secondary N) is 1. The number of hydrogen-bond donors (Lipinski definition) is 1. The van der Waals surface area contributed by atoms with Crippen LogP contribution in [-0.2, 0) is 14.8 Å². The van der Waals surface area contributed by atoms with Crippen molar-refractivity contribution in [1.82, 2.24) is 9.88 Å². The van der Waals surface area contributed by atoms with Gasteiger partial charge in [-0.3, -0.25) is 4.79 Å². The van der Waals surface area contributed by atoms with Gasteiger partial charge >= 0.3 is 0 Å². The van der Waals surface area contributed by atoms with Gasteiger partial charge in [0.25, 0.3) is 10.0 Å². The second-order valence-electron chi connectivity index (χ2n) is 8.24. The van der Waals surface area contributed by atoms with Crippen molar-refractivity contribution >= 4 is 38.6 Å². The van der Waals surface area contributed by atoms with Crippen LogP contribution < -0.4 is 5.32 Å². The Labute approximate surface area is 179 Å². The first kappa shape index (κ1) is 18.6. The molecule has 1 aromatic heterocycles. The van der Waals surface area contributed by atoms with Crippen LogP contribution in [0.2, 0.25) is 0 Å². The van der Waals surface area contributed by atoms with Crippen LogP contribution >= 0.6 is 0 Å². The molecule has 2 aliphatic heterocycles. The molecule has 0 unspecified atom stereocenters. The summed E-state index contributed by atoms with van der Waals surface area (Å²) in [6.07, 6.45) is 3.63. The van der Waals surface area contributed by atoms with Gasteiger partial charge in [-0.15, -0.1) is 4.40 Å². The first-order valence-corrected chi connectivity index (χ1v) is 11.9. The fraction of sp³-hybridized carbons (Fsp3) is 0.318. The number of oxazole rings is 1. The minimum Gasteiger partial charge on any atom is -0.440 e. The molecule has 0 radical (unpaired) electrons. The average Bonchev–Trinajstić information content (AvgIpc) is 3.23. The van der Waals surface area contributed by atoms with E-state index >= 15 is 0 Å². The van der Waals surface area contributed by atoms with E-state index in [4.69, 9.17) is 4.42 Å². The molecule has 3 aliphatic rings. The standard InChI is InChI=1S/C22H20N4O4S/c27-21(23-14-9-10-18-16(12-14)24-22(30-18)13-7-8-13)17-5-3-11-26(17)20-15-4-1-2-6-19(15)31(28,29)25-20/h1-2,4,6,9-10,12-13,17H,3,5,7-8,11H2,(H,23,27)/t17-/m0/s1. The zero-order chi connectivity index (χ0) is 21.2. The minimum atomic E-state index is -3.73. The van der Waals surface area contributed by atoms with E-state index in [0.29, 0.717) is 41.6 Å². The Bertz CT molecular complexity index is 1360. The van der Waals surface area contributed by atoms with E-state index in [2.05, 4.69) is 14.7 Å². The van der Waals surface area contributed by atoms with E-state index in [-0.39, 0.29) is 10.8 Å². The Morgan fingerprint density at radius 2 is 1.97 bits per heavy atom. The SMILES string of the molecule is O=C(Nc1ccc2oc(C3CC3)nc2c1)[C@@H]1CCCN1C1=NS(=O)(=O)c2ccccc21. The molecule has 1 saturated heterocycles. The van der Waals surface area contributed by atoms with Crippen LogP contribution in [-0.4, -0.2) is 42.6 Å². The van der Waals surface area contributed by atoms with Gasteiger partial charge < -0.3 is 14.6 Å². The number of amidine groups is 1. The van der Waals surface area contributed by atoms with Gasteiger partial charge in [-0.25, -0.2) is 4.98 Å². The highest BCUT2D eigenvalue weighted by Gasteiger charge is 2.39. The molecule has 8 nitrogen and oxygen atoms in total. The van der Waals surface area contributed by atoms with Crippen molar-refractivity contribution in [2.24, 2.45) is 4.40 Å². The Balaban J connectivity index is 1.26. The van der Waals surface area contributed by atoms with Crippen molar-refractivity contribution in [3.05, 3.63) is 53.9 Å². The summed E-state index contributed by atoms with van der Waals surface area (Å²) in [4.78, 5) is 19.7. The monoisotopic (exact) mass is 436 g/mol. The molecule has 9 heteroatoms. The van der Waals surface area contributed by atoms with Crippen LogP contribution in [0.5, 0.6) is 0 Å². The molecule has 1 amide bonds. The lowest BCUT2D eigenvalue weighted by atomic mass is 10.1. The molecule has 2 fully saturated rings.